The van der Waals surface area contributed by atoms with E-state index in [2.05, 4.69) is 12.0 Å². The Bertz CT molecular complexity index is 235. The van der Waals surface area contributed by atoms with Gasteiger partial charge in [-0.15, -0.1) is 0 Å². The second kappa shape index (κ2) is 5.72. The van der Waals surface area contributed by atoms with Crippen LogP contribution in [0.3, 0.4) is 0 Å². The average Bonchev–Trinajstić information content (AvgIpc) is 2.60. The zero-order chi connectivity index (χ0) is 9.52. The highest BCUT2D eigenvalue weighted by atomic mass is 16.5. The highest BCUT2D eigenvalue weighted by Gasteiger charge is 1.95. The summed E-state index contributed by atoms with van der Waals surface area (Å²) in [6.07, 6.45) is 4.54. The molecule has 1 N–H and O–H groups in total. The van der Waals surface area contributed by atoms with E-state index in [4.69, 9.17) is 9.84 Å². The maximum Gasteiger partial charge on any atom is 0.0712 e. The lowest BCUT2D eigenvalue weighted by molar-refractivity contribution is 0.124. The SMILES string of the molecule is CCCOCCn1cc(CO)cn1. The summed E-state index contributed by atoms with van der Waals surface area (Å²) in [7, 11) is 0. The molecule has 1 aromatic heterocycles. The van der Waals surface area contributed by atoms with E-state index < -0.39 is 0 Å². The summed E-state index contributed by atoms with van der Waals surface area (Å²) in [5, 5.41) is 12.8. The van der Waals surface area contributed by atoms with Crippen LogP contribution in [0.2, 0.25) is 0 Å². The van der Waals surface area contributed by atoms with Crippen molar-refractivity contribution >= 4 is 0 Å². The van der Waals surface area contributed by atoms with Gasteiger partial charge in [0.15, 0.2) is 0 Å². The van der Waals surface area contributed by atoms with Crippen LogP contribution in [-0.2, 0) is 17.9 Å². The van der Waals surface area contributed by atoms with Gasteiger partial charge in [-0.2, -0.15) is 5.10 Å². The highest BCUT2D eigenvalue weighted by molar-refractivity contribution is 5.01. The number of ether oxygens (including phenoxy) is 1. The molecule has 0 bridgehead atoms. The Morgan fingerprint density at radius 2 is 2.38 bits per heavy atom. The van der Waals surface area contributed by atoms with Gasteiger partial charge in [-0.05, 0) is 6.42 Å². The zero-order valence-electron chi connectivity index (χ0n) is 7.94. The molecule has 1 heterocycles. The number of hydrogen-bond donors (Lipinski definition) is 1. The van der Waals surface area contributed by atoms with Crippen molar-refractivity contribution in [3.63, 3.8) is 0 Å². The molecule has 4 heteroatoms. The van der Waals surface area contributed by atoms with E-state index in [9.17, 15) is 0 Å². The summed E-state index contributed by atoms with van der Waals surface area (Å²) in [6, 6.07) is 0. The summed E-state index contributed by atoms with van der Waals surface area (Å²) < 4.78 is 7.09. The van der Waals surface area contributed by atoms with E-state index in [1.165, 1.54) is 0 Å². The average molecular weight is 184 g/mol. The van der Waals surface area contributed by atoms with Crippen LogP contribution in [0.15, 0.2) is 12.4 Å². The second-order valence-corrected chi connectivity index (χ2v) is 2.88. The molecule has 0 radical (unpaired) electrons. The lowest BCUT2D eigenvalue weighted by atomic mass is 10.4. The van der Waals surface area contributed by atoms with Gasteiger partial charge in [-0.3, -0.25) is 4.68 Å². The molecule has 0 aliphatic heterocycles. The zero-order valence-corrected chi connectivity index (χ0v) is 7.94. The van der Waals surface area contributed by atoms with Gasteiger partial charge in [0, 0.05) is 18.4 Å². The van der Waals surface area contributed by atoms with Crippen LogP contribution in [0.25, 0.3) is 0 Å². The van der Waals surface area contributed by atoms with Crippen molar-refractivity contribution in [2.24, 2.45) is 0 Å². The number of aromatic nitrogens is 2. The van der Waals surface area contributed by atoms with Gasteiger partial charge in [-0.25, -0.2) is 0 Å². The molecule has 0 atom stereocenters. The van der Waals surface area contributed by atoms with Crippen LogP contribution in [0.5, 0.6) is 0 Å². The topological polar surface area (TPSA) is 47.3 Å². The summed E-state index contributed by atoms with van der Waals surface area (Å²) in [6.45, 7) is 4.36. The highest BCUT2D eigenvalue weighted by Crippen LogP contribution is 1.96. The van der Waals surface area contributed by atoms with Crippen molar-refractivity contribution in [1.82, 2.24) is 9.78 Å². The Morgan fingerprint density at radius 3 is 3.00 bits per heavy atom. The van der Waals surface area contributed by atoms with Gasteiger partial charge < -0.3 is 9.84 Å². The van der Waals surface area contributed by atoms with Gasteiger partial charge >= 0.3 is 0 Å². The standard InChI is InChI=1S/C9H16N2O2/c1-2-4-13-5-3-11-7-9(8-12)6-10-11/h6-7,12H,2-5,8H2,1H3. The van der Waals surface area contributed by atoms with Gasteiger partial charge in [-0.1, -0.05) is 6.92 Å². The molecule has 0 aromatic carbocycles. The smallest absolute Gasteiger partial charge is 0.0712 e. The Hall–Kier alpha value is -0.870. The summed E-state index contributed by atoms with van der Waals surface area (Å²) in [5.74, 6) is 0. The van der Waals surface area contributed by atoms with Crippen molar-refractivity contribution in [2.45, 2.75) is 26.5 Å². The first-order valence-corrected chi connectivity index (χ1v) is 4.56. The fourth-order valence-electron chi connectivity index (χ4n) is 1.01. The van der Waals surface area contributed by atoms with Gasteiger partial charge in [0.05, 0.1) is 26.0 Å². The van der Waals surface area contributed by atoms with Crippen molar-refractivity contribution in [3.05, 3.63) is 18.0 Å². The van der Waals surface area contributed by atoms with Crippen LogP contribution < -0.4 is 0 Å². The van der Waals surface area contributed by atoms with Crippen LogP contribution in [0.4, 0.5) is 0 Å². The number of nitrogens with zero attached hydrogens (tertiary/aromatic N) is 2. The summed E-state index contributed by atoms with van der Waals surface area (Å²) in [5.41, 5.74) is 0.843. The van der Waals surface area contributed by atoms with Gasteiger partial charge in [0.1, 0.15) is 0 Å². The number of hydrogen-bond acceptors (Lipinski definition) is 3. The minimum Gasteiger partial charge on any atom is -0.392 e. The van der Waals surface area contributed by atoms with Crippen LogP contribution in [0, 0.1) is 0 Å². The van der Waals surface area contributed by atoms with Crippen LogP contribution in [0.1, 0.15) is 18.9 Å². The van der Waals surface area contributed by atoms with E-state index in [0.717, 1.165) is 25.1 Å². The molecule has 0 saturated carbocycles. The van der Waals surface area contributed by atoms with Crippen LogP contribution >= 0.6 is 0 Å². The normalized spacial score (nSPS) is 10.6. The molecule has 1 aromatic rings. The molecular weight excluding hydrogens is 168 g/mol. The predicted octanol–water partition coefficient (Wildman–Crippen LogP) is 0.802. The molecule has 0 fully saturated rings. The lowest BCUT2D eigenvalue weighted by Crippen LogP contribution is -2.06. The Kier molecular flexibility index (Phi) is 4.49. The predicted molar refractivity (Wildman–Crippen MR) is 49.3 cm³/mol. The maximum atomic E-state index is 8.78. The first-order valence-electron chi connectivity index (χ1n) is 4.56. The quantitative estimate of drug-likeness (QED) is 0.665. The summed E-state index contributed by atoms with van der Waals surface area (Å²) in [4.78, 5) is 0. The largest absolute Gasteiger partial charge is 0.392 e. The van der Waals surface area contributed by atoms with Crippen molar-refractivity contribution in [1.29, 1.82) is 0 Å². The number of aliphatic hydroxyl groups is 1. The Labute approximate surface area is 78.1 Å². The molecule has 13 heavy (non-hydrogen) atoms. The minimum atomic E-state index is 0.0514. The first-order chi connectivity index (χ1) is 6.36. The van der Waals surface area contributed by atoms with Gasteiger partial charge in [0.25, 0.3) is 0 Å². The van der Waals surface area contributed by atoms with Crippen molar-refractivity contribution < 1.29 is 9.84 Å². The van der Waals surface area contributed by atoms with E-state index in [1.807, 2.05) is 6.20 Å². The monoisotopic (exact) mass is 184 g/mol. The third-order valence-electron chi connectivity index (χ3n) is 1.68. The molecule has 1 rings (SSSR count). The molecule has 74 valence electrons. The molecule has 0 amide bonds. The molecular formula is C9H16N2O2. The second-order valence-electron chi connectivity index (χ2n) is 2.88. The fraction of sp³-hybridized carbons (Fsp3) is 0.667. The third-order valence-corrected chi connectivity index (χ3v) is 1.68. The van der Waals surface area contributed by atoms with E-state index in [0.29, 0.717) is 6.61 Å². The third kappa shape index (κ3) is 3.57. The molecule has 0 spiro atoms. The van der Waals surface area contributed by atoms with Crippen LogP contribution in [-0.4, -0.2) is 28.1 Å². The molecule has 4 nitrogen and oxygen atoms in total. The van der Waals surface area contributed by atoms with E-state index in [1.54, 1.807) is 10.9 Å². The van der Waals surface area contributed by atoms with Gasteiger partial charge in [0.2, 0.25) is 0 Å². The fourth-order valence-corrected chi connectivity index (χ4v) is 1.01. The van der Waals surface area contributed by atoms with Crippen molar-refractivity contribution in [3.8, 4) is 0 Å². The minimum absolute atomic E-state index is 0.0514. The van der Waals surface area contributed by atoms with E-state index in [-0.39, 0.29) is 6.61 Å². The van der Waals surface area contributed by atoms with Crippen molar-refractivity contribution in [2.75, 3.05) is 13.2 Å². The maximum absolute atomic E-state index is 8.78. The Balaban J connectivity index is 2.20. The molecule has 0 saturated heterocycles. The Morgan fingerprint density at radius 1 is 1.54 bits per heavy atom. The van der Waals surface area contributed by atoms with E-state index >= 15 is 0 Å². The molecule has 0 unspecified atom stereocenters. The molecule has 0 aliphatic rings. The first kappa shape index (κ1) is 10.2. The molecule has 0 aliphatic carbocycles. The summed E-state index contributed by atoms with van der Waals surface area (Å²) >= 11 is 0. The number of aliphatic hydroxyl groups excluding tert-OH is 1. The number of rotatable bonds is 6. The lowest BCUT2D eigenvalue weighted by Gasteiger charge is -2.01.